The summed E-state index contributed by atoms with van der Waals surface area (Å²) < 4.78 is 31.4. The molecule has 1 saturated heterocycles. The Bertz CT molecular complexity index is 1350. The Hall–Kier alpha value is -3.93. The largest absolute Gasteiger partial charge is 0.417 e. The Morgan fingerprint density at radius 1 is 1.11 bits per heavy atom. The third kappa shape index (κ3) is 5.43. The number of ether oxygens (including phenoxy) is 1. The molecule has 1 fully saturated rings. The van der Waals surface area contributed by atoms with Gasteiger partial charge in [-0.1, -0.05) is 6.07 Å². The number of nitrogens with two attached hydrogens (primary N) is 1. The molecule has 0 radical (unpaired) electrons. The van der Waals surface area contributed by atoms with E-state index in [4.69, 9.17) is 15.7 Å². The number of nitrogens with zero attached hydrogens (tertiary/aromatic N) is 7. The topological polar surface area (TPSA) is 120 Å². The molecule has 4 aromatic heterocycles. The zero-order valence-corrected chi connectivity index (χ0v) is 20.7. The maximum absolute atomic E-state index is 12.5. The van der Waals surface area contributed by atoms with Crippen molar-refractivity contribution in [3.63, 3.8) is 0 Å². The second-order valence-corrected chi connectivity index (χ2v) is 9.24. The van der Waals surface area contributed by atoms with E-state index < -0.39 is 6.61 Å². The van der Waals surface area contributed by atoms with E-state index in [2.05, 4.69) is 43.8 Å². The van der Waals surface area contributed by atoms with Crippen LogP contribution in [0.1, 0.15) is 38.3 Å². The second-order valence-electron chi connectivity index (χ2n) is 9.24. The molecular formula is C25H29F2N9O. The number of rotatable bonds is 8. The first kappa shape index (κ1) is 24.8. The SMILES string of the molecule is CC(C)n1cnc2c(NCc3cccnc3-c3ccc(OC(F)F)nc3)nc(N3CCC(N)CC3)nc21. The molecule has 10 nitrogen and oxygen atoms in total. The van der Waals surface area contributed by atoms with E-state index in [-0.39, 0.29) is 18.0 Å². The summed E-state index contributed by atoms with van der Waals surface area (Å²) in [6.45, 7) is 3.25. The summed E-state index contributed by atoms with van der Waals surface area (Å²) in [5, 5.41) is 3.43. The van der Waals surface area contributed by atoms with Gasteiger partial charge in [-0.2, -0.15) is 18.7 Å². The number of nitrogens with one attached hydrogen (secondary N) is 1. The minimum Gasteiger partial charge on any atom is -0.417 e. The van der Waals surface area contributed by atoms with Crippen molar-refractivity contribution in [2.24, 2.45) is 5.73 Å². The molecule has 0 amide bonds. The van der Waals surface area contributed by atoms with Crippen LogP contribution in [0.25, 0.3) is 22.4 Å². The molecule has 0 spiro atoms. The summed E-state index contributed by atoms with van der Waals surface area (Å²) in [5.41, 5.74) is 9.79. The van der Waals surface area contributed by atoms with Crippen molar-refractivity contribution >= 4 is 22.9 Å². The average molecular weight is 510 g/mol. The highest BCUT2D eigenvalue weighted by atomic mass is 19.3. The lowest BCUT2D eigenvalue weighted by Crippen LogP contribution is -2.40. The summed E-state index contributed by atoms with van der Waals surface area (Å²) in [4.78, 5) is 24.9. The van der Waals surface area contributed by atoms with Gasteiger partial charge in [0.2, 0.25) is 11.8 Å². The quantitative estimate of drug-likeness (QED) is 0.363. The van der Waals surface area contributed by atoms with E-state index in [1.54, 1.807) is 18.6 Å². The van der Waals surface area contributed by atoms with Gasteiger partial charge in [-0.25, -0.2) is 9.97 Å². The fourth-order valence-electron chi connectivity index (χ4n) is 4.35. The fourth-order valence-corrected chi connectivity index (χ4v) is 4.35. The minimum absolute atomic E-state index is 0.148. The number of piperidine rings is 1. The maximum Gasteiger partial charge on any atom is 0.388 e. The molecule has 0 unspecified atom stereocenters. The van der Waals surface area contributed by atoms with Crippen molar-refractivity contribution in [2.75, 3.05) is 23.3 Å². The van der Waals surface area contributed by atoms with Crippen LogP contribution >= 0.6 is 0 Å². The number of imidazole rings is 1. The molecule has 0 aliphatic carbocycles. The second kappa shape index (κ2) is 10.6. The molecule has 0 atom stereocenters. The van der Waals surface area contributed by atoms with Crippen molar-refractivity contribution in [3.05, 3.63) is 48.5 Å². The van der Waals surface area contributed by atoms with Gasteiger partial charge in [-0.05, 0) is 44.4 Å². The third-order valence-corrected chi connectivity index (χ3v) is 6.35. The van der Waals surface area contributed by atoms with Gasteiger partial charge >= 0.3 is 6.61 Å². The monoisotopic (exact) mass is 509 g/mol. The number of pyridine rings is 2. The molecule has 194 valence electrons. The van der Waals surface area contributed by atoms with Crippen molar-refractivity contribution in [2.45, 2.75) is 51.9 Å². The molecule has 0 bridgehead atoms. The highest BCUT2D eigenvalue weighted by Gasteiger charge is 2.22. The van der Waals surface area contributed by atoms with Gasteiger partial charge in [0.05, 0.1) is 12.0 Å². The van der Waals surface area contributed by atoms with E-state index in [0.717, 1.165) is 37.1 Å². The van der Waals surface area contributed by atoms with Crippen molar-refractivity contribution in [1.82, 2.24) is 29.5 Å². The Kier molecular flexibility index (Phi) is 7.08. The molecule has 12 heteroatoms. The van der Waals surface area contributed by atoms with Crippen molar-refractivity contribution < 1.29 is 13.5 Å². The Balaban J connectivity index is 1.44. The normalized spacial score (nSPS) is 14.6. The molecular weight excluding hydrogens is 480 g/mol. The van der Waals surface area contributed by atoms with Gasteiger partial charge in [0.25, 0.3) is 0 Å². The molecule has 0 saturated carbocycles. The van der Waals surface area contributed by atoms with E-state index in [9.17, 15) is 8.78 Å². The zero-order valence-electron chi connectivity index (χ0n) is 20.7. The summed E-state index contributed by atoms with van der Waals surface area (Å²) in [6, 6.07) is 7.22. The van der Waals surface area contributed by atoms with Gasteiger partial charge in [-0.3, -0.25) is 4.98 Å². The molecule has 1 aliphatic heterocycles. The number of aromatic nitrogens is 6. The Morgan fingerprint density at radius 3 is 2.62 bits per heavy atom. The highest BCUT2D eigenvalue weighted by molar-refractivity contribution is 5.84. The molecule has 5 rings (SSSR count). The van der Waals surface area contributed by atoms with Crippen LogP contribution in [0.2, 0.25) is 0 Å². The summed E-state index contributed by atoms with van der Waals surface area (Å²) in [5.74, 6) is 1.13. The van der Waals surface area contributed by atoms with Crippen LogP contribution in [-0.2, 0) is 6.54 Å². The number of halogens is 2. The van der Waals surface area contributed by atoms with Crippen LogP contribution in [0, 0.1) is 0 Å². The minimum atomic E-state index is -2.93. The lowest BCUT2D eigenvalue weighted by molar-refractivity contribution is -0.0528. The fraction of sp³-hybridized carbons (Fsp3) is 0.400. The summed E-state index contributed by atoms with van der Waals surface area (Å²) in [7, 11) is 0. The lowest BCUT2D eigenvalue weighted by atomic mass is 10.1. The van der Waals surface area contributed by atoms with Crippen LogP contribution in [0.15, 0.2) is 43.0 Å². The molecule has 1 aliphatic rings. The number of hydrogen-bond donors (Lipinski definition) is 2. The van der Waals surface area contributed by atoms with Gasteiger partial charge in [-0.15, -0.1) is 0 Å². The Labute approximate surface area is 212 Å². The van der Waals surface area contributed by atoms with Crippen LogP contribution in [0.5, 0.6) is 5.88 Å². The first-order valence-corrected chi connectivity index (χ1v) is 12.2. The first-order valence-electron chi connectivity index (χ1n) is 12.2. The molecule has 4 aromatic rings. The third-order valence-electron chi connectivity index (χ3n) is 6.35. The predicted molar refractivity (Wildman–Crippen MR) is 137 cm³/mol. The highest BCUT2D eigenvalue weighted by Crippen LogP contribution is 2.28. The smallest absolute Gasteiger partial charge is 0.388 e. The lowest BCUT2D eigenvalue weighted by Gasteiger charge is -2.30. The summed E-state index contributed by atoms with van der Waals surface area (Å²) in [6.07, 6.45) is 6.71. The van der Waals surface area contributed by atoms with Crippen LogP contribution in [0.4, 0.5) is 20.5 Å². The molecule has 0 aromatic carbocycles. The standard InChI is InChI=1S/C25H29F2N9O/c1-15(2)36-14-32-21-22(33-25(34-23(21)36)35-10-7-18(28)8-11-35)31-13-16-4-3-9-29-20(16)17-5-6-19(30-12-17)37-24(26)27/h3-6,9,12,14-15,18,24H,7-8,10-11,13,28H2,1-2H3,(H,31,33,34). The van der Waals surface area contributed by atoms with Gasteiger partial charge in [0.1, 0.15) is 0 Å². The number of alkyl halides is 2. The van der Waals surface area contributed by atoms with E-state index in [1.165, 1.54) is 12.3 Å². The average Bonchev–Trinajstić information content (AvgIpc) is 3.33. The zero-order chi connectivity index (χ0) is 25.9. The van der Waals surface area contributed by atoms with E-state index in [0.29, 0.717) is 35.1 Å². The van der Waals surface area contributed by atoms with Gasteiger partial charge in [0, 0.05) is 55.7 Å². The van der Waals surface area contributed by atoms with Crippen molar-refractivity contribution in [3.8, 4) is 17.1 Å². The van der Waals surface area contributed by atoms with E-state index in [1.807, 2.05) is 16.7 Å². The maximum atomic E-state index is 12.5. The van der Waals surface area contributed by atoms with E-state index >= 15 is 0 Å². The number of anilines is 2. The van der Waals surface area contributed by atoms with Crippen LogP contribution < -0.4 is 20.7 Å². The number of fused-ring (bicyclic) bond motifs is 1. The molecule has 3 N–H and O–H groups in total. The molecule has 37 heavy (non-hydrogen) atoms. The van der Waals surface area contributed by atoms with Gasteiger partial charge < -0.3 is 25.3 Å². The molecule has 5 heterocycles. The van der Waals surface area contributed by atoms with Crippen LogP contribution in [-0.4, -0.2) is 55.2 Å². The number of hydrogen-bond acceptors (Lipinski definition) is 9. The van der Waals surface area contributed by atoms with Gasteiger partial charge in [0.15, 0.2) is 17.0 Å². The Morgan fingerprint density at radius 2 is 1.92 bits per heavy atom. The predicted octanol–water partition coefficient (Wildman–Crippen LogP) is 4.01. The summed E-state index contributed by atoms with van der Waals surface area (Å²) >= 11 is 0. The van der Waals surface area contributed by atoms with Crippen LogP contribution in [0.3, 0.4) is 0 Å². The van der Waals surface area contributed by atoms with Crippen molar-refractivity contribution in [1.29, 1.82) is 0 Å². The first-order chi connectivity index (χ1) is 17.9.